The fraction of sp³-hybridized carbons (Fsp3) is 0.364. The Morgan fingerprint density at radius 1 is 0.754 bits per heavy atom. The lowest BCUT2D eigenvalue weighted by atomic mass is 9.95. The molecule has 0 bridgehead atoms. The maximum absolute atomic E-state index is 14.2. The number of esters is 4. The molecule has 4 unspecified atom stereocenters. The number of ether oxygens (including phenoxy) is 4. The highest BCUT2D eigenvalue weighted by Gasteiger charge is 2.64. The highest BCUT2D eigenvalue weighted by molar-refractivity contribution is 8.01. The molecular weight excluding hydrogens is 871 g/mol. The molecule has 2 aliphatic heterocycles. The van der Waals surface area contributed by atoms with Gasteiger partial charge in [-0.1, -0.05) is 30.3 Å². The van der Waals surface area contributed by atoms with Gasteiger partial charge in [0.25, 0.3) is 11.8 Å². The molecule has 5 rings (SSSR count). The first-order valence-electron chi connectivity index (χ1n) is 20.1. The van der Waals surface area contributed by atoms with Crippen molar-refractivity contribution < 1.29 is 72.0 Å². The number of fused-ring (bicyclic) bond motifs is 1. The minimum Gasteiger partial charge on any atom is -0.480 e. The van der Waals surface area contributed by atoms with Crippen molar-refractivity contribution in [3.05, 3.63) is 83.4 Å². The topological polar surface area (TPSA) is 270 Å². The number of carbonyl (C=O) groups is 10. The van der Waals surface area contributed by atoms with Gasteiger partial charge in [0, 0.05) is 56.7 Å². The molecule has 2 aliphatic rings. The molecule has 0 saturated carbocycles. The van der Waals surface area contributed by atoms with Gasteiger partial charge in [-0.2, -0.15) is 0 Å². The first-order chi connectivity index (χ1) is 30.7. The molecule has 3 aromatic carbocycles. The molecule has 3 aromatic rings. The summed E-state index contributed by atoms with van der Waals surface area (Å²) in [5.74, 6) is -8.10. The molecule has 20 nitrogen and oxygen atoms in total. The van der Waals surface area contributed by atoms with Gasteiger partial charge in [0.05, 0.1) is 6.54 Å². The third-order valence-corrected chi connectivity index (χ3v) is 11.4. The largest absolute Gasteiger partial charge is 0.480 e. The zero-order valence-electron chi connectivity index (χ0n) is 36.2. The monoisotopic (exact) mass is 917 g/mol. The number of hydrogen-bond acceptors (Lipinski definition) is 15. The molecule has 65 heavy (non-hydrogen) atoms. The highest BCUT2D eigenvalue weighted by Crippen LogP contribution is 2.51. The van der Waals surface area contributed by atoms with E-state index in [1.54, 1.807) is 44.2 Å². The van der Waals surface area contributed by atoms with Crippen molar-refractivity contribution in [3.63, 3.8) is 0 Å². The number of nitrogens with one attached hydrogen (secondary N) is 3. The van der Waals surface area contributed by atoms with Gasteiger partial charge in [0.1, 0.15) is 23.5 Å². The second-order valence-corrected chi connectivity index (χ2v) is 17.2. The number of benzene rings is 3. The van der Waals surface area contributed by atoms with Crippen molar-refractivity contribution in [2.24, 2.45) is 0 Å². The van der Waals surface area contributed by atoms with Gasteiger partial charge < -0.3 is 49.8 Å². The summed E-state index contributed by atoms with van der Waals surface area (Å²) in [7, 11) is 0. The second-order valence-electron chi connectivity index (χ2n) is 15.4. The Balaban J connectivity index is 1.33. The van der Waals surface area contributed by atoms with Gasteiger partial charge in [0.15, 0.2) is 23.0 Å². The Morgan fingerprint density at radius 2 is 1.29 bits per heavy atom. The summed E-state index contributed by atoms with van der Waals surface area (Å²) in [5.41, 5.74) is 0.352. The van der Waals surface area contributed by atoms with Crippen molar-refractivity contribution in [1.82, 2.24) is 25.8 Å². The van der Waals surface area contributed by atoms with Crippen molar-refractivity contribution in [2.45, 2.75) is 82.6 Å². The normalized spacial score (nSPS) is 17.2. The Hall–Kier alpha value is -7.29. The van der Waals surface area contributed by atoms with Crippen LogP contribution < -0.4 is 34.9 Å². The number of carbonyl (C=O) groups excluding carboxylic acids is 9. The first kappa shape index (κ1) is 48.7. The number of thioether (sulfide) groups is 1. The Morgan fingerprint density at radius 3 is 1.85 bits per heavy atom. The van der Waals surface area contributed by atoms with Gasteiger partial charge in [0.2, 0.25) is 17.7 Å². The average molecular weight is 918 g/mol. The summed E-state index contributed by atoms with van der Waals surface area (Å²) < 4.78 is 19.6. The molecular formula is C44H47N5O15S. The van der Waals surface area contributed by atoms with Gasteiger partial charge in [-0.25, -0.2) is 4.79 Å². The number of unbranched alkanes of at least 4 members (excludes halogenated alkanes) is 1. The molecule has 4 atom stereocenters. The summed E-state index contributed by atoms with van der Waals surface area (Å²) in [6.45, 7) is 7.30. The molecule has 2 heterocycles. The standard InChI is InChI=1S/C44H47N5O15S/c1-23(50)61-30-16-14-28(20-32(30)63-25(3)52)38(55)45-18-10-11-19-48(40(57)29-15-17-31(62-24(2)51)33(21-29)64-26(4)53)22-34(54)46-35(27-12-8-7-9-13-27)39(56)47-36-41(58)49-37(43(59)60)44(5,6)65-42(36)49/h7-9,12-17,20-21,35-37,42H,10-11,18-19,22H2,1-6H3,(H,45,55)(H,46,54)(H,47,56)(H,59,60). The van der Waals surface area contributed by atoms with E-state index in [2.05, 4.69) is 16.0 Å². The van der Waals surface area contributed by atoms with Crippen LogP contribution in [-0.4, -0.2) is 116 Å². The van der Waals surface area contributed by atoms with E-state index in [4.69, 9.17) is 18.9 Å². The summed E-state index contributed by atoms with van der Waals surface area (Å²) in [6.07, 6.45) is 0.477. The number of hydrogen-bond donors (Lipinski definition) is 4. The van der Waals surface area contributed by atoms with Crippen LogP contribution in [0.5, 0.6) is 23.0 Å². The average Bonchev–Trinajstić information content (AvgIpc) is 3.49. The third kappa shape index (κ3) is 12.3. The van der Waals surface area contributed by atoms with Gasteiger partial charge in [-0.05, 0) is 68.7 Å². The first-order valence-corrected chi connectivity index (χ1v) is 21.0. The van der Waals surface area contributed by atoms with Crippen molar-refractivity contribution in [1.29, 1.82) is 0 Å². The molecule has 4 N–H and O–H groups in total. The van der Waals surface area contributed by atoms with Crippen LogP contribution in [0, 0.1) is 0 Å². The quantitative estimate of drug-likeness (QED) is 0.0618. The lowest BCUT2D eigenvalue weighted by Gasteiger charge is -2.44. The second kappa shape index (κ2) is 20.9. The Bertz CT molecular complexity index is 2410. The number of nitrogens with zero attached hydrogens (tertiary/aromatic N) is 2. The zero-order chi connectivity index (χ0) is 47.7. The lowest BCUT2D eigenvalue weighted by molar-refractivity contribution is -0.161. The molecule has 0 spiro atoms. The van der Waals surface area contributed by atoms with Gasteiger partial charge >= 0.3 is 29.8 Å². The van der Waals surface area contributed by atoms with Gasteiger partial charge in [-0.3, -0.25) is 43.2 Å². The van der Waals surface area contributed by atoms with Crippen LogP contribution in [0.2, 0.25) is 0 Å². The highest BCUT2D eigenvalue weighted by atomic mass is 32.2. The SMILES string of the molecule is CC(=O)Oc1ccc(C(=O)NCCCCN(CC(=O)NC(C(=O)NC2C(=O)N3C2SC(C)(C)C3C(=O)O)c2ccccc2)C(=O)c2ccc(OC(C)=O)c(OC(C)=O)c2)cc1OC(C)=O. The van der Waals surface area contributed by atoms with E-state index in [9.17, 15) is 53.1 Å². The summed E-state index contributed by atoms with van der Waals surface area (Å²) >= 11 is 1.23. The van der Waals surface area contributed by atoms with Crippen molar-refractivity contribution in [3.8, 4) is 23.0 Å². The van der Waals surface area contributed by atoms with Crippen LogP contribution in [0.1, 0.15) is 86.7 Å². The summed E-state index contributed by atoms with van der Waals surface area (Å²) in [6, 6.07) is 12.2. The molecule has 0 radical (unpaired) electrons. The van der Waals surface area contributed by atoms with Crippen LogP contribution in [0.4, 0.5) is 0 Å². The van der Waals surface area contributed by atoms with Crippen LogP contribution in [0.3, 0.4) is 0 Å². The minimum absolute atomic E-state index is 0.0671. The van der Waals surface area contributed by atoms with E-state index in [1.807, 2.05) is 0 Å². The molecule has 2 fully saturated rings. The third-order valence-electron chi connectivity index (χ3n) is 9.85. The number of β-lactam (4-membered cyclic amide) rings is 1. The smallest absolute Gasteiger partial charge is 0.327 e. The van der Waals surface area contributed by atoms with E-state index in [-0.39, 0.29) is 60.1 Å². The zero-order valence-corrected chi connectivity index (χ0v) is 37.0. The molecule has 0 aromatic heterocycles. The Kier molecular flexibility index (Phi) is 15.7. The summed E-state index contributed by atoms with van der Waals surface area (Å²) in [5, 5.41) is 17.2. The predicted octanol–water partition coefficient (Wildman–Crippen LogP) is 2.53. The number of carboxylic acid groups (broad SMARTS) is 1. The van der Waals surface area contributed by atoms with E-state index >= 15 is 0 Å². The fourth-order valence-electron chi connectivity index (χ4n) is 7.11. The maximum Gasteiger partial charge on any atom is 0.327 e. The Labute approximate surface area is 376 Å². The number of aliphatic carboxylic acids is 1. The van der Waals surface area contributed by atoms with Gasteiger partial charge in [-0.15, -0.1) is 11.8 Å². The van der Waals surface area contributed by atoms with Crippen LogP contribution >= 0.6 is 11.8 Å². The van der Waals surface area contributed by atoms with Crippen LogP contribution in [0.15, 0.2) is 66.7 Å². The minimum atomic E-state index is -1.37. The van der Waals surface area contributed by atoms with Crippen LogP contribution in [-0.2, 0) is 38.4 Å². The number of rotatable bonds is 18. The molecule has 21 heteroatoms. The van der Waals surface area contributed by atoms with E-state index < -0.39 is 94.2 Å². The van der Waals surface area contributed by atoms with E-state index in [0.29, 0.717) is 5.56 Å². The summed E-state index contributed by atoms with van der Waals surface area (Å²) in [4.78, 5) is 129. The molecule has 0 aliphatic carbocycles. The van der Waals surface area contributed by atoms with E-state index in [1.165, 1.54) is 53.1 Å². The lowest BCUT2D eigenvalue weighted by Crippen LogP contribution is -2.71. The predicted molar refractivity (Wildman–Crippen MR) is 229 cm³/mol. The van der Waals surface area contributed by atoms with E-state index in [0.717, 1.165) is 32.6 Å². The molecule has 344 valence electrons. The van der Waals surface area contributed by atoms with Crippen molar-refractivity contribution in [2.75, 3.05) is 19.6 Å². The fourth-order valence-corrected chi connectivity index (χ4v) is 8.74. The maximum atomic E-state index is 14.2. The molecule has 5 amide bonds. The number of amides is 5. The van der Waals surface area contributed by atoms with Crippen LogP contribution in [0.25, 0.3) is 0 Å². The number of carboxylic acids is 1. The molecule has 2 saturated heterocycles. The van der Waals surface area contributed by atoms with Crippen molar-refractivity contribution >= 4 is 71.1 Å².